The highest BCUT2D eigenvalue weighted by molar-refractivity contribution is 5.97. The smallest absolute Gasteiger partial charge is 0.329 e. The van der Waals surface area contributed by atoms with Crippen molar-refractivity contribution in [3.05, 3.63) is 77.4 Å². The number of aliphatic hydroxyl groups excluding tert-OH is 1. The van der Waals surface area contributed by atoms with E-state index in [0.29, 0.717) is 36.3 Å². The zero-order valence-electron chi connectivity index (χ0n) is 34.2. The first-order valence-corrected chi connectivity index (χ1v) is 19.8. The lowest BCUT2D eigenvalue weighted by Gasteiger charge is -2.36. The van der Waals surface area contributed by atoms with Crippen LogP contribution >= 0.6 is 0 Å². The first-order chi connectivity index (χ1) is 27.2. The van der Waals surface area contributed by atoms with Gasteiger partial charge in [-0.15, -0.1) is 0 Å². The van der Waals surface area contributed by atoms with Gasteiger partial charge < -0.3 is 39.9 Å². The van der Waals surface area contributed by atoms with Crippen LogP contribution in [0.5, 0.6) is 5.75 Å². The summed E-state index contributed by atoms with van der Waals surface area (Å²) in [5, 5.41) is 15.9. The Kier molecular flexibility index (Phi) is 16.2. The van der Waals surface area contributed by atoms with Crippen molar-refractivity contribution >= 4 is 35.5 Å². The molecule has 0 aromatic heterocycles. The van der Waals surface area contributed by atoms with Crippen LogP contribution in [0.4, 0.5) is 0 Å². The molecule has 2 aliphatic heterocycles. The standard InChI is InChI=1S/C43H59N5O9/c1-8-28(5)37-39(51)44-32(24-30-17-19-31(20-18-30)56-23-21-27(3)4)40(52)46(6)34(9-2)43(55)57-36(25-29-14-11-10-12-15-29)42(54)48-22-13-16-35(48)38(50)45-33(26-49)41(53)47(37)7/h10-12,14-15,17-21,28,32-37,49H,8-9,13,16,22-26H2,1-7H3,(H,44,51)(H,45,50)/t28-,32+,33+,34+,35+,36-,37+/m1/s1. The molecule has 5 amide bonds. The van der Waals surface area contributed by atoms with Gasteiger partial charge in [-0.05, 0) is 68.4 Å². The van der Waals surface area contributed by atoms with E-state index in [4.69, 9.17) is 9.47 Å². The van der Waals surface area contributed by atoms with Gasteiger partial charge in [0, 0.05) is 33.5 Å². The average molecular weight is 790 g/mol. The summed E-state index contributed by atoms with van der Waals surface area (Å²) >= 11 is 0. The van der Waals surface area contributed by atoms with E-state index in [1.54, 1.807) is 62.4 Å². The summed E-state index contributed by atoms with van der Waals surface area (Å²) in [5.74, 6) is -3.76. The topological polar surface area (TPSA) is 175 Å². The minimum atomic E-state index is -1.43. The molecule has 310 valence electrons. The van der Waals surface area contributed by atoms with Gasteiger partial charge >= 0.3 is 5.97 Å². The van der Waals surface area contributed by atoms with Crippen LogP contribution in [0.2, 0.25) is 0 Å². The molecular weight excluding hydrogens is 730 g/mol. The van der Waals surface area contributed by atoms with E-state index in [-0.39, 0.29) is 32.2 Å². The maximum atomic E-state index is 14.5. The second-order valence-electron chi connectivity index (χ2n) is 15.2. The number of ether oxygens (including phenoxy) is 2. The average Bonchev–Trinajstić information content (AvgIpc) is 3.69. The largest absolute Gasteiger partial charge is 0.490 e. The van der Waals surface area contributed by atoms with Crippen LogP contribution in [-0.4, -0.2) is 125 Å². The molecule has 14 heteroatoms. The third-order valence-electron chi connectivity index (χ3n) is 10.8. The molecule has 57 heavy (non-hydrogen) atoms. The Balaban J connectivity index is 1.77. The van der Waals surface area contributed by atoms with Crippen LogP contribution in [0.1, 0.15) is 71.4 Å². The molecule has 2 fully saturated rings. The third kappa shape index (κ3) is 11.4. The Morgan fingerprint density at radius 2 is 1.49 bits per heavy atom. The summed E-state index contributed by atoms with van der Waals surface area (Å²) < 4.78 is 11.8. The van der Waals surface area contributed by atoms with Crippen molar-refractivity contribution in [2.45, 2.75) is 109 Å². The molecule has 0 saturated carbocycles. The van der Waals surface area contributed by atoms with Crippen LogP contribution in [0.3, 0.4) is 0 Å². The lowest BCUT2D eigenvalue weighted by Crippen LogP contribution is -2.61. The van der Waals surface area contributed by atoms with Gasteiger partial charge in [0.1, 0.15) is 42.6 Å². The molecule has 2 heterocycles. The second-order valence-corrected chi connectivity index (χ2v) is 15.2. The fourth-order valence-corrected chi connectivity index (χ4v) is 7.31. The highest BCUT2D eigenvalue weighted by atomic mass is 16.6. The van der Waals surface area contributed by atoms with E-state index >= 15 is 0 Å². The van der Waals surface area contributed by atoms with Gasteiger partial charge in [-0.2, -0.15) is 0 Å². The molecule has 2 saturated heterocycles. The maximum Gasteiger partial charge on any atom is 0.329 e. The van der Waals surface area contributed by atoms with E-state index < -0.39 is 84.3 Å². The molecule has 0 unspecified atom stereocenters. The van der Waals surface area contributed by atoms with Crippen molar-refractivity contribution < 1.29 is 43.3 Å². The summed E-state index contributed by atoms with van der Waals surface area (Å²) in [6.45, 7) is 9.14. The number of amides is 5. The normalized spacial score (nSPS) is 24.8. The number of benzene rings is 2. The van der Waals surface area contributed by atoms with Crippen LogP contribution in [0.15, 0.2) is 66.2 Å². The fraction of sp³-hybridized carbons (Fsp3) is 0.535. The van der Waals surface area contributed by atoms with E-state index in [0.717, 1.165) is 5.57 Å². The van der Waals surface area contributed by atoms with E-state index in [2.05, 4.69) is 10.6 Å². The zero-order chi connectivity index (χ0) is 41.8. The van der Waals surface area contributed by atoms with Gasteiger partial charge in [-0.3, -0.25) is 24.0 Å². The van der Waals surface area contributed by atoms with Crippen LogP contribution in [0.25, 0.3) is 0 Å². The van der Waals surface area contributed by atoms with Crippen LogP contribution in [-0.2, 0) is 46.3 Å². The van der Waals surface area contributed by atoms with Crippen molar-refractivity contribution in [1.29, 1.82) is 0 Å². The Morgan fingerprint density at radius 1 is 0.860 bits per heavy atom. The predicted molar refractivity (Wildman–Crippen MR) is 214 cm³/mol. The minimum Gasteiger partial charge on any atom is -0.490 e. The summed E-state index contributed by atoms with van der Waals surface area (Å²) in [5.41, 5.74) is 2.52. The quantitative estimate of drug-likeness (QED) is 0.229. The minimum absolute atomic E-state index is 0.0105. The van der Waals surface area contributed by atoms with Crippen molar-refractivity contribution in [2.24, 2.45) is 5.92 Å². The van der Waals surface area contributed by atoms with E-state index in [1.807, 2.05) is 32.9 Å². The molecule has 3 N–H and O–H groups in total. The number of fused-ring (bicyclic) bond motifs is 1. The highest BCUT2D eigenvalue weighted by Gasteiger charge is 2.43. The number of nitrogens with zero attached hydrogens (tertiary/aromatic N) is 3. The molecule has 14 nitrogen and oxygen atoms in total. The number of rotatable bonds is 11. The highest BCUT2D eigenvalue weighted by Crippen LogP contribution is 2.24. The number of allylic oxidation sites excluding steroid dienone is 1. The van der Waals surface area contributed by atoms with Gasteiger partial charge in [0.25, 0.3) is 5.91 Å². The first kappa shape index (κ1) is 44.5. The Bertz CT molecular complexity index is 1750. The molecule has 4 rings (SSSR count). The lowest BCUT2D eigenvalue weighted by atomic mass is 9.95. The van der Waals surface area contributed by atoms with Gasteiger partial charge in [-0.1, -0.05) is 75.2 Å². The molecule has 2 aromatic carbocycles. The molecule has 7 atom stereocenters. The summed E-state index contributed by atoms with van der Waals surface area (Å²) in [6, 6.07) is 10.3. The number of aliphatic hydroxyl groups is 1. The molecule has 0 spiro atoms. The number of cyclic esters (lactones) is 1. The number of hydrogen-bond donors (Lipinski definition) is 3. The van der Waals surface area contributed by atoms with Crippen molar-refractivity contribution in [3.8, 4) is 5.75 Å². The van der Waals surface area contributed by atoms with Gasteiger partial charge in [0.2, 0.25) is 23.6 Å². The lowest BCUT2D eigenvalue weighted by molar-refractivity contribution is -0.167. The monoisotopic (exact) mass is 789 g/mol. The number of carbonyl (C=O) groups excluding carboxylic acids is 6. The molecule has 0 radical (unpaired) electrons. The number of carbonyl (C=O) groups is 6. The summed E-state index contributed by atoms with van der Waals surface area (Å²) in [4.78, 5) is 88.8. The summed E-state index contributed by atoms with van der Waals surface area (Å²) in [6.07, 6.45) is 2.02. The first-order valence-electron chi connectivity index (χ1n) is 19.8. The molecule has 0 bridgehead atoms. The SMILES string of the molecule is CC[C@@H](C)[C@H]1C(=O)N[C@@H](Cc2ccc(OCC=C(C)C)cc2)C(=O)N(C)[C@@H](CC)C(=O)O[C@H](Cc2ccccc2)C(=O)N2CCC[C@H]2C(=O)N[C@@H](CO)C(=O)N1C. The molecule has 2 aliphatic rings. The van der Waals surface area contributed by atoms with Crippen molar-refractivity contribution in [2.75, 3.05) is 33.9 Å². The second kappa shape index (κ2) is 20.8. The fourth-order valence-electron chi connectivity index (χ4n) is 7.31. The predicted octanol–water partition coefficient (Wildman–Crippen LogP) is 2.81. The van der Waals surface area contributed by atoms with E-state index in [9.17, 15) is 33.9 Å². The van der Waals surface area contributed by atoms with Gasteiger partial charge in [-0.25, -0.2) is 4.79 Å². The zero-order valence-corrected chi connectivity index (χ0v) is 34.2. The molecular formula is C43H59N5O9. The third-order valence-corrected chi connectivity index (χ3v) is 10.8. The molecule has 0 aliphatic carbocycles. The van der Waals surface area contributed by atoms with Crippen LogP contribution in [0, 0.1) is 5.92 Å². The summed E-state index contributed by atoms with van der Waals surface area (Å²) in [7, 11) is 2.88. The number of likely N-dealkylation sites (N-methyl/N-ethyl adjacent to an activating group) is 2. The number of hydrogen-bond acceptors (Lipinski definition) is 9. The maximum absolute atomic E-state index is 14.5. The van der Waals surface area contributed by atoms with Gasteiger partial charge in [0.15, 0.2) is 6.10 Å². The Labute approximate surface area is 335 Å². The number of esters is 1. The van der Waals surface area contributed by atoms with Crippen molar-refractivity contribution in [3.63, 3.8) is 0 Å². The molecule has 2 aromatic rings. The van der Waals surface area contributed by atoms with Gasteiger partial charge in [0.05, 0.1) is 6.61 Å². The van der Waals surface area contributed by atoms with Crippen LogP contribution < -0.4 is 15.4 Å². The Hall–Kier alpha value is -5.24. The van der Waals surface area contributed by atoms with Crippen molar-refractivity contribution in [1.82, 2.24) is 25.3 Å². The Morgan fingerprint density at radius 3 is 2.11 bits per heavy atom. The number of nitrogens with one attached hydrogen (secondary N) is 2. The van der Waals surface area contributed by atoms with E-state index in [1.165, 1.54) is 28.8 Å².